The Balaban J connectivity index is 1.94. The van der Waals surface area contributed by atoms with Crippen LogP contribution in [0.5, 0.6) is 5.75 Å². The van der Waals surface area contributed by atoms with Crippen molar-refractivity contribution in [3.05, 3.63) is 66.7 Å². The molecule has 0 aromatic heterocycles. The van der Waals surface area contributed by atoms with Crippen LogP contribution in [0.2, 0.25) is 0 Å². The standard InChI is InChI=1S/C19H11F3O3S/c20-19(21,22)26(23,24)25-14-8-5-13-7-9-16-15-4-2-1-3-12(15)6-10-17(16)18(13)11-14/h1-11H. The summed E-state index contributed by atoms with van der Waals surface area (Å²) >= 11 is 0. The Morgan fingerprint density at radius 3 is 1.96 bits per heavy atom. The fraction of sp³-hybridized carbons (Fsp3) is 0.0526. The highest BCUT2D eigenvalue weighted by Gasteiger charge is 2.48. The van der Waals surface area contributed by atoms with Crippen molar-refractivity contribution in [2.24, 2.45) is 0 Å². The van der Waals surface area contributed by atoms with Crippen LogP contribution in [0.4, 0.5) is 13.2 Å². The van der Waals surface area contributed by atoms with Gasteiger partial charge in [-0.25, -0.2) is 0 Å². The average molecular weight is 376 g/mol. The van der Waals surface area contributed by atoms with E-state index < -0.39 is 15.6 Å². The number of rotatable bonds is 2. The van der Waals surface area contributed by atoms with Gasteiger partial charge in [0.1, 0.15) is 5.75 Å². The second kappa shape index (κ2) is 5.60. The van der Waals surface area contributed by atoms with E-state index in [1.54, 1.807) is 0 Å². The molecule has 26 heavy (non-hydrogen) atoms. The van der Waals surface area contributed by atoms with Gasteiger partial charge < -0.3 is 4.18 Å². The van der Waals surface area contributed by atoms with E-state index in [9.17, 15) is 21.6 Å². The molecule has 0 saturated heterocycles. The van der Waals surface area contributed by atoms with Gasteiger partial charge in [0, 0.05) is 0 Å². The van der Waals surface area contributed by atoms with Crippen molar-refractivity contribution in [1.82, 2.24) is 0 Å². The third-order valence-electron chi connectivity index (χ3n) is 4.20. The van der Waals surface area contributed by atoms with Gasteiger partial charge in [-0.05, 0) is 44.5 Å². The summed E-state index contributed by atoms with van der Waals surface area (Å²) in [5, 5.41) is 5.14. The predicted molar refractivity (Wildman–Crippen MR) is 94.6 cm³/mol. The molecular formula is C19H11F3O3S. The van der Waals surface area contributed by atoms with E-state index in [1.165, 1.54) is 18.2 Å². The fourth-order valence-electron chi connectivity index (χ4n) is 3.02. The first-order valence-corrected chi connectivity index (χ1v) is 9.02. The first kappa shape index (κ1) is 16.7. The Kier molecular flexibility index (Phi) is 3.59. The van der Waals surface area contributed by atoms with Gasteiger partial charge in [-0.2, -0.15) is 21.6 Å². The van der Waals surface area contributed by atoms with Gasteiger partial charge in [-0.1, -0.05) is 54.6 Å². The van der Waals surface area contributed by atoms with Crippen molar-refractivity contribution in [2.45, 2.75) is 5.51 Å². The first-order valence-electron chi connectivity index (χ1n) is 7.61. The molecule has 0 spiro atoms. The number of alkyl halides is 3. The molecule has 0 bridgehead atoms. The minimum atomic E-state index is -5.71. The molecule has 0 amide bonds. The molecule has 0 fully saturated rings. The highest BCUT2D eigenvalue weighted by molar-refractivity contribution is 7.88. The number of hydrogen-bond donors (Lipinski definition) is 0. The highest BCUT2D eigenvalue weighted by atomic mass is 32.2. The van der Waals surface area contributed by atoms with Crippen LogP contribution >= 0.6 is 0 Å². The Morgan fingerprint density at radius 1 is 0.692 bits per heavy atom. The summed E-state index contributed by atoms with van der Waals surface area (Å²) in [6.07, 6.45) is 0. The fourth-order valence-corrected chi connectivity index (χ4v) is 3.47. The lowest BCUT2D eigenvalue weighted by atomic mass is 9.97. The summed E-state index contributed by atoms with van der Waals surface area (Å²) in [5.41, 5.74) is -5.48. The molecule has 0 saturated carbocycles. The third-order valence-corrected chi connectivity index (χ3v) is 5.18. The minimum absolute atomic E-state index is 0.379. The van der Waals surface area contributed by atoms with E-state index in [4.69, 9.17) is 0 Å². The zero-order chi connectivity index (χ0) is 18.5. The molecule has 0 aliphatic carbocycles. The molecule has 4 rings (SSSR count). The van der Waals surface area contributed by atoms with Gasteiger partial charge >= 0.3 is 15.6 Å². The molecule has 0 radical (unpaired) electrons. The van der Waals surface area contributed by atoms with E-state index in [0.29, 0.717) is 5.39 Å². The maximum absolute atomic E-state index is 12.5. The van der Waals surface area contributed by atoms with Crippen molar-refractivity contribution in [1.29, 1.82) is 0 Å². The second-order valence-corrected chi connectivity index (χ2v) is 7.35. The Hall–Kier alpha value is -2.80. The zero-order valence-electron chi connectivity index (χ0n) is 13.1. The van der Waals surface area contributed by atoms with Crippen LogP contribution in [0.25, 0.3) is 32.3 Å². The lowest BCUT2D eigenvalue weighted by molar-refractivity contribution is -0.0500. The van der Waals surface area contributed by atoms with Crippen molar-refractivity contribution in [3.8, 4) is 5.75 Å². The van der Waals surface area contributed by atoms with Crippen molar-refractivity contribution >= 4 is 42.4 Å². The number of halogens is 3. The smallest absolute Gasteiger partial charge is 0.376 e. The lowest BCUT2D eigenvalue weighted by Crippen LogP contribution is -2.28. The molecule has 0 aliphatic heterocycles. The third kappa shape index (κ3) is 2.64. The largest absolute Gasteiger partial charge is 0.534 e. The quantitative estimate of drug-likeness (QED) is 0.268. The van der Waals surface area contributed by atoms with Crippen molar-refractivity contribution in [3.63, 3.8) is 0 Å². The molecule has 0 N–H and O–H groups in total. The predicted octanol–water partition coefficient (Wildman–Crippen LogP) is 5.37. The van der Waals surface area contributed by atoms with Gasteiger partial charge in [-0.15, -0.1) is 0 Å². The van der Waals surface area contributed by atoms with Crippen molar-refractivity contribution in [2.75, 3.05) is 0 Å². The van der Waals surface area contributed by atoms with E-state index in [0.717, 1.165) is 26.9 Å². The van der Waals surface area contributed by atoms with E-state index in [1.807, 2.05) is 48.5 Å². The highest BCUT2D eigenvalue weighted by Crippen LogP contribution is 2.34. The Morgan fingerprint density at radius 2 is 1.27 bits per heavy atom. The maximum Gasteiger partial charge on any atom is 0.534 e. The molecule has 4 aromatic rings. The summed E-state index contributed by atoms with van der Waals surface area (Å²) in [7, 11) is -5.71. The summed E-state index contributed by atoms with van der Waals surface area (Å²) in [6.45, 7) is 0. The van der Waals surface area contributed by atoms with Crippen LogP contribution < -0.4 is 4.18 Å². The minimum Gasteiger partial charge on any atom is -0.376 e. The van der Waals surface area contributed by atoms with Gasteiger partial charge in [0.25, 0.3) is 0 Å². The number of benzene rings is 4. The molecule has 3 nitrogen and oxygen atoms in total. The van der Waals surface area contributed by atoms with Crippen LogP contribution in [0.3, 0.4) is 0 Å². The summed E-state index contributed by atoms with van der Waals surface area (Å²) < 4.78 is 64.4. The molecule has 0 aliphatic rings. The maximum atomic E-state index is 12.5. The summed E-state index contributed by atoms with van der Waals surface area (Å²) in [5.74, 6) is -0.379. The Labute approximate surface area is 146 Å². The van der Waals surface area contributed by atoms with Crippen LogP contribution in [0, 0.1) is 0 Å². The van der Waals surface area contributed by atoms with E-state index in [-0.39, 0.29) is 5.75 Å². The van der Waals surface area contributed by atoms with Crippen LogP contribution in [0.15, 0.2) is 66.7 Å². The van der Waals surface area contributed by atoms with Gasteiger partial charge in [0.2, 0.25) is 0 Å². The normalized spacial score (nSPS) is 12.7. The second-order valence-electron chi connectivity index (χ2n) is 5.81. The average Bonchev–Trinajstić information content (AvgIpc) is 2.60. The lowest BCUT2D eigenvalue weighted by Gasteiger charge is -2.11. The SMILES string of the molecule is O=S(=O)(Oc1ccc2ccc3c4ccccc4ccc3c2c1)C(F)(F)F. The van der Waals surface area contributed by atoms with Gasteiger partial charge in [-0.3, -0.25) is 0 Å². The van der Waals surface area contributed by atoms with Crippen LogP contribution in [-0.2, 0) is 10.1 Å². The number of fused-ring (bicyclic) bond motifs is 5. The molecule has 7 heteroatoms. The molecular weight excluding hydrogens is 365 g/mol. The molecule has 0 atom stereocenters. The first-order chi connectivity index (χ1) is 12.3. The Bertz CT molecular complexity index is 1260. The zero-order valence-corrected chi connectivity index (χ0v) is 13.9. The van der Waals surface area contributed by atoms with Crippen LogP contribution in [-0.4, -0.2) is 13.9 Å². The monoisotopic (exact) mass is 376 g/mol. The van der Waals surface area contributed by atoms with Gasteiger partial charge in [0.15, 0.2) is 0 Å². The number of hydrogen-bond acceptors (Lipinski definition) is 3. The van der Waals surface area contributed by atoms with E-state index >= 15 is 0 Å². The molecule has 0 heterocycles. The van der Waals surface area contributed by atoms with Crippen LogP contribution in [0.1, 0.15) is 0 Å². The van der Waals surface area contributed by atoms with E-state index in [2.05, 4.69) is 4.18 Å². The van der Waals surface area contributed by atoms with Crippen molar-refractivity contribution < 1.29 is 25.8 Å². The molecule has 4 aromatic carbocycles. The molecule has 0 unspecified atom stereocenters. The summed E-state index contributed by atoms with van der Waals surface area (Å²) in [6, 6.07) is 19.4. The molecule has 132 valence electrons. The van der Waals surface area contributed by atoms with Gasteiger partial charge in [0.05, 0.1) is 0 Å². The topological polar surface area (TPSA) is 43.4 Å². The summed E-state index contributed by atoms with van der Waals surface area (Å²) in [4.78, 5) is 0.